The number of carbonyl (C=O) groups excluding carboxylic acids is 2. The highest BCUT2D eigenvalue weighted by atomic mass is 31.2. The largest absolute Gasteiger partial charge is 0.475 e. The van der Waals surface area contributed by atoms with Crippen LogP contribution in [0.4, 0.5) is 4.79 Å². The molecule has 0 bridgehead atoms. The van der Waals surface area contributed by atoms with Crippen LogP contribution in [0.5, 0.6) is 0 Å². The van der Waals surface area contributed by atoms with Crippen molar-refractivity contribution in [3.05, 3.63) is 71.8 Å². The summed E-state index contributed by atoms with van der Waals surface area (Å²) in [5.41, 5.74) is 0.782. The fraction of sp³-hybridized carbons (Fsp3) is 0.611. The number of hydrogen-bond acceptors (Lipinski definition) is 7. The Morgan fingerprint density at radius 2 is 1.15 bits per heavy atom. The molecule has 0 fully saturated rings. The Labute approximate surface area is 277 Å². The molecule has 0 saturated carbocycles. The van der Waals surface area contributed by atoms with Crippen LogP contribution in [0.15, 0.2) is 60.7 Å². The minimum atomic E-state index is -4.16. The summed E-state index contributed by atoms with van der Waals surface area (Å²) in [4.78, 5) is 25.8. The second-order valence-electron chi connectivity index (χ2n) is 12.6. The summed E-state index contributed by atoms with van der Waals surface area (Å²) in [6.07, 6.45) is 13.9. The van der Waals surface area contributed by atoms with Crippen LogP contribution in [-0.2, 0) is 40.9 Å². The average Bonchev–Trinajstić information content (AvgIpc) is 3.03. The first-order valence-corrected chi connectivity index (χ1v) is 18.4. The second-order valence-corrected chi connectivity index (χ2v) is 14.3. The van der Waals surface area contributed by atoms with E-state index in [-0.39, 0.29) is 13.2 Å². The number of carbonyl (C=O) groups is 2. The number of ether oxygens (including phenoxy) is 1. The van der Waals surface area contributed by atoms with E-state index in [2.05, 4.69) is 17.6 Å². The van der Waals surface area contributed by atoms with Gasteiger partial charge < -0.3 is 15.4 Å². The second kappa shape index (κ2) is 22.8. The van der Waals surface area contributed by atoms with Gasteiger partial charge in [-0.2, -0.15) is 0 Å². The molecule has 1 unspecified atom stereocenters. The molecule has 0 spiro atoms. The van der Waals surface area contributed by atoms with Crippen LogP contribution < -0.4 is 10.6 Å². The van der Waals surface area contributed by atoms with Gasteiger partial charge >= 0.3 is 13.9 Å². The summed E-state index contributed by atoms with van der Waals surface area (Å²) in [6.45, 7) is 7.40. The van der Waals surface area contributed by atoms with Crippen LogP contribution >= 0.6 is 7.82 Å². The molecule has 2 aromatic rings. The SMILES string of the molecule is CCCCCCCCCCCCCCNC(=O)C(COP(=O)(OCc1ccccc1)OCc1ccccc1)NC(=O)OC(C)(C)C. The van der Waals surface area contributed by atoms with Gasteiger partial charge in [0.1, 0.15) is 11.6 Å². The van der Waals surface area contributed by atoms with E-state index in [1.165, 1.54) is 57.8 Å². The lowest BCUT2D eigenvalue weighted by atomic mass is 10.1. The normalized spacial score (nSPS) is 12.4. The summed E-state index contributed by atoms with van der Waals surface area (Å²) in [5, 5.41) is 5.44. The van der Waals surface area contributed by atoms with Gasteiger partial charge in [0.25, 0.3) is 0 Å². The molecular formula is C36H57N2O7P. The fourth-order valence-electron chi connectivity index (χ4n) is 4.67. The number of nitrogens with one attached hydrogen (secondary N) is 2. The summed E-state index contributed by atoms with van der Waals surface area (Å²) in [5.74, 6) is -0.466. The van der Waals surface area contributed by atoms with Crippen molar-refractivity contribution in [3.8, 4) is 0 Å². The van der Waals surface area contributed by atoms with Gasteiger partial charge in [0, 0.05) is 6.54 Å². The third-order valence-corrected chi connectivity index (χ3v) is 8.56. The van der Waals surface area contributed by atoms with Crippen molar-refractivity contribution >= 4 is 19.8 Å². The zero-order chi connectivity index (χ0) is 33.5. The van der Waals surface area contributed by atoms with E-state index in [4.69, 9.17) is 18.3 Å². The zero-order valence-electron chi connectivity index (χ0n) is 28.5. The van der Waals surface area contributed by atoms with Crippen molar-refractivity contribution in [2.75, 3.05) is 13.2 Å². The van der Waals surface area contributed by atoms with Crippen LogP contribution in [-0.4, -0.2) is 36.8 Å². The molecule has 0 heterocycles. The van der Waals surface area contributed by atoms with E-state index >= 15 is 0 Å². The number of rotatable bonds is 24. The van der Waals surface area contributed by atoms with Gasteiger partial charge in [0.2, 0.25) is 5.91 Å². The van der Waals surface area contributed by atoms with Crippen molar-refractivity contribution in [1.29, 1.82) is 0 Å². The molecule has 258 valence electrons. The van der Waals surface area contributed by atoms with E-state index in [0.29, 0.717) is 6.54 Å². The number of hydrogen-bond donors (Lipinski definition) is 2. The minimum absolute atomic E-state index is 0.0256. The Morgan fingerprint density at radius 3 is 1.61 bits per heavy atom. The Hall–Kier alpha value is -2.71. The maximum absolute atomic E-state index is 13.7. The van der Waals surface area contributed by atoms with Crippen LogP contribution in [0.25, 0.3) is 0 Å². The van der Waals surface area contributed by atoms with Crippen LogP contribution in [0.3, 0.4) is 0 Å². The highest BCUT2D eigenvalue weighted by Crippen LogP contribution is 2.51. The molecule has 2 N–H and O–H groups in total. The highest BCUT2D eigenvalue weighted by molar-refractivity contribution is 7.48. The molecule has 2 amide bonds. The monoisotopic (exact) mass is 660 g/mol. The van der Waals surface area contributed by atoms with Gasteiger partial charge in [-0.15, -0.1) is 0 Å². The molecule has 46 heavy (non-hydrogen) atoms. The molecule has 0 aliphatic rings. The zero-order valence-corrected chi connectivity index (χ0v) is 29.4. The third-order valence-electron chi connectivity index (χ3n) is 7.20. The lowest BCUT2D eigenvalue weighted by Crippen LogP contribution is -2.50. The van der Waals surface area contributed by atoms with E-state index in [1.807, 2.05) is 60.7 Å². The number of phosphoric ester groups is 1. The van der Waals surface area contributed by atoms with Gasteiger partial charge in [-0.1, -0.05) is 138 Å². The third kappa shape index (κ3) is 19.1. The first-order valence-electron chi connectivity index (χ1n) is 17.0. The maximum atomic E-state index is 13.7. The molecule has 1 atom stereocenters. The molecular weight excluding hydrogens is 603 g/mol. The van der Waals surface area contributed by atoms with Crippen LogP contribution in [0, 0.1) is 0 Å². The minimum Gasteiger partial charge on any atom is -0.444 e. The molecule has 9 nitrogen and oxygen atoms in total. The number of amides is 2. The molecule has 0 aliphatic carbocycles. The topological polar surface area (TPSA) is 112 Å². The van der Waals surface area contributed by atoms with Gasteiger partial charge in [0.15, 0.2) is 0 Å². The molecule has 0 aliphatic heterocycles. The fourth-order valence-corrected chi connectivity index (χ4v) is 5.84. The van der Waals surface area contributed by atoms with E-state index in [0.717, 1.165) is 30.4 Å². The predicted octanol–water partition coefficient (Wildman–Crippen LogP) is 9.26. The molecule has 0 saturated heterocycles. The predicted molar refractivity (Wildman–Crippen MR) is 183 cm³/mol. The maximum Gasteiger partial charge on any atom is 0.475 e. The van der Waals surface area contributed by atoms with Gasteiger partial charge in [-0.25, -0.2) is 9.36 Å². The molecule has 2 aromatic carbocycles. The lowest BCUT2D eigenvalue weighted by Gasteiger charge is -2.25. The van der Waals surface area contributed by atoms with Crippen molar-refractivity contribution in [3.63, 3.8) is 0 Å². The van der Waals surface area contributed by atoms with Crippen molar-refractivity contribution in [2.45, 2.75) is 130 Å². The quantitative estimate of drug-likeness (QED) is 0.0853. The molecule has 0 aromatic heterocycles. The van der Waals surface area contributed by atoms with Crippen molar-refractivity contribution in [2.24, 2.45) is 0 Å². The number of phosphoric acid groups is 1. The lowest BCUT2D eigenvalue weighted by molar-refractivity contribution is -0.124. The number of unbranched alkanes of at least 4 members (excludes halogenated alkanes) is 11. The van der Waals surface area contributed by atoms with E-state index in [1.54, 1.807) is 20.8 Å². The smallest absolute Gasteiger partial charge is 0.444 e. The van der Waals surface area contributed by atoms with Gasteiger partial charge in [-0.05, 0) is 38.3 Å². The van der Waals surface area contributed by atoms with E-state index < -0.39 is 38.1 Å². The standard InChI is InChI=1S/C36H57N2O7P/c1-5-6-7-8-9-10-11-12-13-14-15-22-27-37-34(39)33(38-35(40)45-36(2,3)4)30-44-46(41,42-28-31-23-18-16-19-24-31)43-29-32-25-20-17-21-26-32/h16-21,23-26,33H,5-15,22,27-30H2,1-4H3,(H,37,39)(H,38,40). The highest BCUT2D eigenvalue weighted by Gasteiger charge is 2.32. The molecule has 2 rings (SSSR count). The Morgan fingerprint density at radius 1 is 0.696 bits per heavy atom. The summed E-state index contributed by atoms with van der Waals surface area (Å²) < 4.78 is 36.1. The van der Waals surface area contributed by atoms with Crippen LogP contribution in [0.1, 0.15) is 116 Å². The number of alkyl carbamates (subject to hydrolysis) is 1. The van der Waals surface area contributed by atoms with Crippen molar-refractivity contribution in [1.82, 2.24) is 10.6 Å². The summed E-state index contributed by atoms with van der Waals surface area (Å²) in [7, 11) is -4.16. The average molecular weight is 661 g/mol. The van der Waals surface area contributed by atoms with Gasteiger partial charge in [-0.3, -0.25) is 18.4 Å². The summed E-state index contributed by atoms with van der Waals surface area (Å²) in [6, 6.07) is 17.3. The summed E-state index contributed by atoms with van der Waals surface area (Å²) >= 11 is 0. The number of benzene rings is 2. The Kier molecular flexibility index (Phi) is 19.5. The van der Waals surface area contributed by atoms with E-state index in [9.17, 15) is 14.2 Å². The van der Waals surface area contributed by atoms with Gasteiger partial charge in [0.05, 0.1) is 19.8 Å². The first kappa shape index (κ1) is 39.5. The molecule has 0 radical (unpaired) electrons. The van der Waals surface area contributed by atoms with Crippen molar-refractivity contribution < 1.29 is 32.5 Å². The Bertz CT molecular complexity index is 1090. The van der Waals surface area contributed by atoms with Crippen LogP contribution in [0.2, 0.25) is 0 Å². The Balaban J connectivity index is 1.90. The molecule has 10 heteroatoms. The first-order chi connectivity index (χ1) is 22.1.